The summed E-state index contributed by atoms with van der Waals surface area (Å²) in [4.78, 5) is 11.9. The number of benzene rings is 2. The van der Waals surface area contributed by atoms with Crippen LogP contribution in [0.2, 0.25) is 0 Å². The summed E-state index contributed by atoms with van der Waals surface area (Å²) in [7, 11) is 0. The monoisotopic (exact) mass is 443 g/mol. The lowest BCUT2D eigenvalue weighted by molar-refractivity contribution is -0.142. The minimum absolute atomic E-state index is 0.197. The van der Waals surface area contributed by atoms with E-state index in [-0.39, 0.29) is 12.4 Å². The Morgan fingerprint density at radius 1 is 1.29 bits per heavy atom. The number of rotatable bonds is 7. The van der Waals surface area contributed by atoms with Gasteiger partial charge >= 0.3 is 5.97 Å². The quantitative estimate of drug-likeness (QED) is 0.564. The molecule has 1 aromatic heterocycles. The maximum atomic E-state index is 11.9. The third-order valence-corrected chi connectivity index (χ3v) is 5.34. The number of carbonyl (C=O) groups excluding carboxylic acids is 1. The molecule has 3 aromatic rings. The molecule has 0 radical (unpaired) electrons. The molecule has 28 heavy (non-hydrogen) atoms. The number of hydrogen-bond acceptors (Lipinski definition) is 5. The highest BCUT2D eigenvalue weighted by atomic mass is 79.9. The molecule has 1 N–H and O–H groups in total. The molecular weight excluding hydrogens is 422 g/mol. The van der Waals surface area contributed by atoms with E-state index in [0.29, 0.717) is 25.0 Å². The van der Waals surface area contributed by atoms with Crippen molar-refractivity contribution in [1.82, 2.24) is 15.1 Å². The fourth-order valence-corrected chi connectivity index (χ4v) is 3.68. The minimum atomic E-state index is -0.251. The van der Waals surface area contributed by atoms with E-state index >= 15 is 0 Å². The summed E-state index contributed by atoms with van der Waals surface area (Å²) < 4.78 is 14.3. The van der Waals surface area contributed by atoms with Gasteiger partial charge in [-0.1, -0.05) is 34.1 Å². The summed E-state index contributed by atoms with van der Waals surface area (Å²) in [6, 6.07) is 14.0. The van der Waals surface area contributed by atoms with Gasteiger partial charge in [0.25, 0.3) is 0 Å². The molecule has 1 fully saturated rings. The Kier molecular flexibility index (Phi) is 5.64. The predicted octanol–water partition coefficient (Wildman–Crippen LogP) is 3.63. The molecule has 4 rings (SSSR count). The number of carbonyl (C=O) groups is 1. The van der Waals surface area contributed by atoms with Gasteiger partial charge in [-0.25, -0.2) is 0 Å². The average molecular weight is 444 g/mol. The van der Waals surface area contributed by atoms with Crippen molar-refractivity contribution in [3.05, 3.63) is 58.2 Å². The van der Waals surface area contributed by atoms with Crippen molar-refractivity contribution in [2.75, 3.05) is 19.7 Å². The van der Waals surface area contributed by atoms with Gasteiger partial charge in [0.15, 0.2) is 0 Å². The fraction of sp³-hybridized carbons (Fsp3) is 0.333. The molecule has 0 amide bonds. The van der Waals surface area contributed by atoms with Gasteiger partial charge in [-0.2, -0.15) is 5.10 Å². The second-order valence-electron chi connectivity index (χ2n) is 6.74. The first-order chi connectivity index (χ1) is 13.7. The van der Waals surface area contributed by atoms with Gasteiger partial charge in [0.05, 0.1) is 30.3 Å². The summed E-state index contributed by atoms with van der Waals surface area (Å²) in [5.74, 6) is 0.441. The summed E-state index contributed by atoms with van der Waals surface area (Å²) in [5.41, 5.74) is 2.81. The molecule has 1 aliphatic heterocycles. The number of fused-ring (bicyclic) bond motifs is 1. The predicted molar refractivity (Wildman–Crippen MR) is 110 cm³/mol. The Balaban J connectivity index is 1.61. The van der Waals surface area contributed by atoms with Gasteiger partial charge in [0.1, 0.15) is 12.4 Å². The van der Waals surface area contributed by atoms with E-state index in [1.165, 1.54) is 0 Å². The highest BCUT2D eigenvalue weighted by Gasteiger charge is 2.24. The Labute approximate surface area is 171 Å². The molecule has 0 atom stereocenters. The Hall–Kier alpha value is -2.38. The van der Waals surface area contributed by atoms with Gasteiger partial charge in [-0.3, -0.25) is 9.48 Å². The summed E-state index contributed by atoms with van der Waals surface area (Å²) in [6.45, 7) is 4.36. The first kappa shape index (κ1) is 19.0. The molecule has 0 spiro atoms. The van der Waals surface area contributed by atoms with Crippen molar-refractivity contribution in [2.45, 2.75) is 26.0 Å². The average Bonchev–Trinajstić information content (AvgIpc) is 2.97. The molecule has 1 aliphatic rings. The fourth-order valence-electron chi connectivity index (χ4n) is 3.32. The van der Waals surface area contributed by atoms with Crippen molar-refractivity contribution < 1.29 is 14.3 Å². The van der Waals surface area contributed by atoms with Crippen molar-refractivity contribution in [2.24, 2.45) is 0 Å². The van der Waals surface area contributed by atoms with Crippen LogP contribution in [0.3, 0.4) is 0 Å². The van der Waals surface area contributed by atoms with Crippen LogP contribution in [0.15, 0.2) is 46.9 Å². The van der Waals surface area contributed by atoms with Crippen LogP contribution in [0.4, 0.5) is 0 Å². The zero-order chi connectivity index (χ0) is 19.5. The zero-order valence-electron chi connectivity index (χ0n) is 15.7. The molecule has 1 saturated heterocycles. The van der Waals surface area contributed by atoms with Gasteiger partial charge < -0.3 is 14.8 Å². The van der Waals surface area contributed by atoms with Crippen molar-refractivity contribution in [1.29, 1.82) is 0 Å². The summed E-state index contributed by atoms with van der Waals surface area (Å²) in [6.07, 6.45) is 0.197. The molecular formula is C21H22BrN3O3. The van der Waals surface area contributed by atoms with E-state index in [2.05, 4.69) is 32.0 Å². The molecule has 0 bridgehead atoms. The smallest absolute Gasteiger partial charge is 0.310 e. The highest BCUT2D eigenvalue weighted by Crippen LogP contribution is 2.28. The van der Waals surface area contributed by atoms with Crippen LogP contribution in [-0.2, 0) is 22.6 Å². The van der Waals surface area contributed by atoms with Crippen LogP contribution >= 0.6 is 15.9 Å². The summed E-state index contributed by atoms with van der Waals surface area (Å²) >= 11 is 3.55. The molecule has 0 saturated carbocycles. The van der Waals surface area contributed by atoms with Crippen molar-refractivity contribution in [3.8, 4) is 5.75 Å². The number of nitrogens with zero attached hydrogens (tertiary/aromatic N) is 2. The van der Waals surface area contributed by atoms with E-state index < -0.39 is 0 Å². The molecule has 146 valence electrons. The molecule has 0 aliphatic carbocycles. The van der Waals surface area contributed by atoms with E-state index in [4.69, 9.17) is 14.6 Å². The van der Waals surface area contributed by atoms with Crippen LogP contribution in [0.1, 0.15) is 24.2 Å². The maximum Gasteiger partial charge on any atom is 0.310 e. The third kappa shape index (κ3) is 3.91. The van der Waals surface area contributed by atoms with E-state index in [1.54, 1.807) is 6.92 Å². The Morgan fingerprint density at radius 3 is 2.86 bits per heavy atom. The number of para-hydroxylation sites is 1. The van der Waals surface area contributed by atoms with Gasteiger partial charge in [-0.05, 0) is 31.2 Å². The zero-order valence-corrected chi connectivity index (χ0v) is 17.2. The van der Waals surface area contributed by atoms with Gasteiger partial charge in [0.2, 0.25) is 0 Å². The lowest BCUT2D eigenvalue weighted by Gasteiger charge is -2.29. The largest absolute Gasteiger partial charge is 0.487 e. The number of nitrogens with one attached hydrogen (secondary N) is 1. The summed E-state index contributed by atoms with van der Waals surface area (Å²) in [5, 5.41) is 9.16. The van der Waals surface area contributed by atoms with Crippen molar-refractivity contribution in [3.63, 3.8) is 0 Å². The molecule has 0 unspecified atom stereocenters. The molecule has 7 heteroatoms. The number of esters is 1. The first-order valence-corrected chi connectivity index (χ1v) is 10.2. The third-order valence-electron chi connectivity index (χ3n) is 4.84. The van der Waals surface area contributed by atoms with Crippen molar-refractivity contribution >= 4 is 32.8 Å². The van der Waals surface area contributed by atoms with Crippen LogP contribution < -0.4 is 10.1 Å². The topological polar surface area (TPSA) is 65.4 Å². The van der Waals surface area contributed by atoms with Gasteiger partial charge in [0, 0.05) is 28.5 Å². The second-order valence-corrected chi connectivity index (χ2v) is 7.66. The molecule has 2 aromatic carbocycles. The van der Waals surface area contributed by atoms with E-state index in [9.17, 15) is 4.79 Å². The lowest BCUT2D eigenvalue weighted by Crippen LogP contribution is -2.44. The standard InChI is InChI=1S/C21H22BrN3O3/c1-2-27-21(26)9-14-5-3-4-6-20(14)28-13-19-17-10-15(22)7-8-18(17)24-25(19)16-11-23-12-16/h3-8,10,16,23H,2,9,11-13H2,1H3. The normalized spacial score (nSPS) is 14.1. The minimum Gasteiger partial charge on any atom is -0.487 e. The molecule has 6 nitrogen and oxygen atoms in total. The Morgan fingerprint density at radius 2 is 2.11 bits per heavy atom. The van der Waals surface area contributed by atoms with Gasteiger partial charge in [-0.15, -0.1) is 0 Å². The number of aromatic nitrogens is 2. The highest BCUT2D eigenvalue weighted by molar-refractivity contribution is 9.10. The van der Waals surface area contributed by atoms with Crippen LogP contribution in [0.5, 0.6) is 5.75 Å². The second kappa shape index (κ2) is 8.32. The Bertz CT molecular complexity index is 998. The lowest BCUT2D eigenvalue weighted by atomic mass is 10.1. The number of hydrogen-bond donors (Lipinski definition) is 1. The van der Waals surface area contributed by atoms with Crippen LogP contribution in [0, 0.1) is 0 Å². The SMILES string of the molecule is CCOC(=O)Cc1ccccc1OCc1c2cc(Br)ccc2nn1C1CNC1. The number of halogens is 1. The van der Waals surface area contributed by atoms with Crippen LogP contribution in [0.25, 0.3) is 10.9 Å². The molecule has 2 heterocycles. The maximum absolute atomic E-state index is 11.9. The van der Waals surface area contributed by atoms with E-state index in [0.717, 1.165) is 39.7 Å². The van der Waals surface area contributed by atoms with Crippen LogP contribution in [-0.4, -0.2) is 35.4 Å². The van der Waals surface area contributed by atoms with E-state index in [1.807, 2.05) is 36.4 Å². The number of ether oxygens (including phenoxy) is 2. The first-order valence-electron chi connectivity index (χ1n) is 9.39.